The van der Waals surface area contributed by atoms with Gasteiger partial charge in [-0.05, 0) is 41.0 Å². The predicted octanol–water partition coefficient (Wildman–Crippen LogP) is 4.83. The topological polar surface area (TPSA) is 42.7 Å². The van der Waals surface area contributed by atoms with Gasteiger partial charge in [-0.25, -0.2) is 4.68 Å². The third-order valence-electron chi connectivity index (χ3n) is 5.40. The Labute approximate surface area is 170 Å². The summed E-state index contributed by atoms with van der Waals surface area (Å²) in [6.07, 6.45) is 9.96. The van der Waals surface area contributed by atoms with Crippen LogP contribution in [0, 0.1) is 0 Å². The number of nitrogens with zero attached hydrogens (tertiary/aromatic N) is 3. The van der Waals surface area contributed by atoms with Gasteiger partial charge < -0.3 is 5.32 Å². The van der Waals surface area contributed by atoms with Crippen molar-refractivity contribution in [3.05, 3.63) is 102 Å². The van der Waals surface area contributed by atoms with Crippen LogP contribution in [0.4, 0.5) is 0 Å². The maximum Gasteiger partial charge on any atom is 0.0934 e. The Kier molecular flexibility index (Phi) is 4.76. The molecule has 5 rings (SSSR count). The summed E-state index contributed by atoms with van der Waals surface area (Å²) < 4.78 is 2.03. The number of hydrogen-bond acceptors (Lipinski definition) is 3. The van der Waals surface area contributed by atoms with E-state index in [2.05, 4.69) is 83.3 Å². The Morgan fingerprint density at radius 1 is 0.897 bits per heavy atom. The SMILES string of the molecule is C(=C\c1nn(/C=C2/CNCC2c2ccccc2)c2ccccc12)/c1ccncc1. The van der Waals surface area contributed by atoms with Gasteiger partial charge in [0, 0.05) is 43.0 Å². The first-order valence-corrected chi connectivity index (χ1v) is 9.90. The summed E-state index contributed by atoms with van der Waals surface area (Å²) in [5.74, 6) is 0.384. The zero-order chi connectivity index (χ0) is 19.5. The lowest BCUT2D eigenvalue weighted by Crippen LogP contribution is -2.07. The molecular formula is C25H22N4. The number of benzene rings is 2. The predicted molar refractivity (Wildman–Crippen MR) is 119 cm³/mol. The number of para-hydroxylation sites is 1. The van der Waals surface area contributed by atoms with Crippen molar-refractivity contribution < 1.29 is 0 Å². The number of hydrogen-bond donors (Lipinski definition) is 1. The highest BCUT2D eigenvalue weighted by molar-refractivity contribution is 5.90. The van der Waals surface area contributed by atoms with E-state index in [0.29, 0.717) is 5.92 Å². The quantitative estimate of drug-likeness (QED) is 0.553. The van der Waals surface area contributed by atoms with Gasteiger partial charge in [0.15, 0.2) is 0 Å². The van der Waals surface area contributed by atoms with Crippen LogP contribution in [-0.2, 0) is 0 Å². The third kappa shape index (κ3) is 3.62. The van der Waals surface area contributed by atoms with E-state index in [1.807, 2.05) is 16.8 Å². The van der Waals surface area contributed by atoms with E-state index in [1.54, 1.807) is 12.4 Å². The standard InChI is InChI=1S/C25H22N4/c1-2-6-20(7-3-1)23-17-27-16-21(23)18-29-25-9-5-4-8-22(25)24(28-29)11-10-19-12-14-26-15-13-19/h1-15,18,23,27H,16-17H2/b11-10+,21-18-. The van der Waals surface area contributed by atoms with E-state index in [0.717, 1.165) is 35.2 Å². The molecule has 0 saturated carbocycles. The van der Waals surface area contributed by atoms with Crippen molar-refractivity contribution in [3.63, 3.8) is 0 Å². The summed E-state index contributed by atoms with van der Waals surface area (Å²) in [7, 11) is 0. The van der Waals surface area contributed by atoms with Crippen LogP contribution in [0.5, 0.6) is 0 Å². The fraction of sp³-hybridized carbons (Fsp3) is 0.120. The smallest absolute Gasteiger partial charge is 0.0934 e. The van der Waals surface area contributed by atoms with Crippen LogP contribution in [0.1, 0.15) is 22.7 Å². The maximum atomic E-state index is 4.91. The lowest BCUT2D eigenvalue weighted by Gasteiger charge is -2.11. The normalized spacial score (nSPS) is 18.2. The molecule has 142 valence electrons. The Bertz CT molecular complexity index is 1170. The van der Waals surface area contributed by atoms with Gasteiger partial charge >= 0.3 is 0 Å². The van der Waals surface area contributed by atoms with Crippen molar-refractivity contribution in [3.8, 4) is 0 Å². The lowest BCUT2D eigenvalue weighted by molar-refractivity contribution is 0.799. The second kappa shape index (κ2) is 7.86. The Morgan fingerprint density at radius 2 is 1.69 bits per heavy atom. The van der Waals surface area contributed by atoms with Crippen LogP contribution < -0.4 is 5.32 Å². The number of fused-ring (bicyclic) bond motifs is 1. The fourth-order valence-electron chi connectivity index (χ4n) is 3.91. The summed E-state index contributed by atoms with van der Waals surface area (Å²) in [6, 6.07) is 23.1. The van der Waals surface area contributed by atoms with Gasteiger partial charge in [0.1, 0.15) is 0 Å². The molecule has 4 nitrogen and oxygen atoms in total. The van der Waals surface area contributed by atoms with Crippen LogP contribution in [0.15, 0.2) is 84.7 Å². The fourth-order valence-corrected chi connectivity index (χ4v) is 3.91. The molecule has 1 saturated heterocycles. The highest BCUT2D eigenvalue weighted by Crippen LogP contribution is 2.29. The van der Waals surface area contributed by atoms with E-state index in [-0.39, 0.29) is 0 Å². The van der Waals surface area contributed by atoms with Gasteiger partial charge in [-0.15, -0.1) is 0 Å². The summed E-state index contributed by atoms with van der Waals surface area (Å²) in [5.41, 5.74) is 5.90. The Morgan fingerprint density at radius 3 is 2.55 bits per heavy atom. The Balaban J connectivity index is 1.54. The van der Waals surface area contributed by atoms with E-state index in [4.69, 9.17) is 5.10 Å². The molecule has 2 aromatic carbocycles. The summed E-state index contributed by atoms with van der Waals surface area (Å²) in [6.45, 7) is 1.85. The molecule has 0 aliphatic carbocycles. The average molecular weight is 378 g/mol. The molecule has 0 bridgehead atoms. The molecule has 4 aromatic rings. The van der Waals surface area contributed by atoms with Gasteiger partial charge in [-0.1, -0.05) is 54.6 Å². The minimum absolute atomic E-state index is 0.384. The van der Waals surface area contributed by atoms with Gasteiger partial charge in [0.05, 0.1) is 11.2 Å². The molecular weight excluding hydrogens is 356 g/mol. The molecule has 0 radical (unpaired) electrons. The van der Waals surface area contributed by atoms with E-state index >= 15 is 0 Å². The molecule has 1 aliphatic heterocycles. The molecule has 0 amide bonds. The monoisotopic (exact) mass is 378 g/mol. The molecule has 29 heavy (non-hydrogen) atoms. The zero-order valence-corrected chi connectivity index (χ0v) is 16.1. The van der Waals surface area contributed by atoms with Gasteiger partial charge in [-0.3, -0.25) is 4.98 Å². The van der Waals surface area contributed by atoms with Crippen molar-refractivity contribution in [2.75, 3.05) is 13.1 Å². The molecule has 1 unspecified atom stereocenters. The Hall–Kier alpha value is -3.50. The van der Waals surface area contributed by atoms with Crippen molar-refractivity contribution in [2.45, 2.75) is 5.92 Å². The maximum absolute atomic E-state index is 4.91. The van der Waals surface area contributed by atoms with Crippen LogP contribution in [0.25, 0.3) is 29.3 Å². The lowest BCUT2D eigenvalue weighted by atomic mass is 9.94. The van der Waals surface area contributed by atoms with Crippen molar-refractivity contribution in [1.29, 1.82) is 0 Å². The first-order valence-electron chi connectivity index (χ1n) is 9.90. The van der Waals surface area contributed by atoms with E-state index in [9.17, 15) is 0 Å². The average Bonchev–Trinajstić information content (AvgIpc) is 3.39. The molecule has 3 heterocycles. The number of nitrogens with one attached hydrogen (secondary N) is 1. The van der Waals surface area contributed by atoms with Crippen LogP contribution in [0.2, 0.25) is 0 Å². The zero-order valence-electron chi connectivity index (χ0n) is 16.1. The minimum atomic E-state index is 0.384. The van der Waals surface area contributed by atoms with Crippen LogP contribution in [-0.4, -0.2) is 27.9 Å². The molecule has 2 aromatic heterocycles. The van der Waals surface area contributed by atoms with Crippen LogP contribution >= 0.6 is 0 Å². The summed E-state index contributed by atoms with van der Waals surface area (Å²) in [4.78, 5) is 4.08. The molecule has 1 N–H and O–H groups in total. The van der Waals surface area contributed by atoms with Crippen molar-refractivity contribution in [1.82, 2.24) is 20.1 Å². The first-order chi connectivity index (χ1) is 14.4. The molecule has 1 atom stereocenters. The second-order valence-electron chi connectivity index (χ2n) is 7.26. The summed E-state index contributed by atoms with van der Waals surface area (Å²) >= 11 is 0. The highest BCUT2D eigenvalue weighted by atomic mass is 15.3. The highest BCUT2D eigenvalue weighted by Gasteiger charge is 2.22. The first kappa shape index (κ1) is 17.6. The summed E-state index contributed by atoms with van der Waals surface area (Å²) in [5, 5.41) is 9.57. The van der Waals surface area contributed by atoms with Crippen molar-refractivity contribution in [2.24, 2.45) is 0 Å². The number of rotatable bonds is 4. The van der Waals surface area contributed by atoms with E-state index in [1.165, 1.54) is 11.1 Å². The molecule has 1 fully saturated rings. The molecule has 0 spiro atoms. The van der Waals surface area contributed by atoms with Gasteiger partial charge in [0.2, 0.25) is 0 Å². The van der Waals surface area contributed by atoms with Gasteiger partial charge in [-0.2, -0.15) is 5.10 Å². The number of pyridine rings is 1. The third-order valence-corrected chi connectivity index (χ3v) is 5.40. The number of aromatic nitrogens is 3. The largest absolute Gasteiger partial charge is 0.312 e. The van der Waals surface area contributed by atoms with Crippen LogP contribution in [0.3, 0.4) is 0 Å². The molecule has 4 heteroatoms. The minimum Gasteiger partial charge on any atom is -0.312 e. The van der Waals surface area contributed by atoms with Gasteiger partial charge in [0.25, 0.3) is 0 Å². The second-order valence-corrected chi connectivity index (χ2v) is 7.26. The van der Waals surface area contributed by atoms with E-state index < -0.39 is 0 Å². The molecule has 1 aliphatic rings. The van der Waals surface area contributed by atoms with Crippen molar-refractivity contribution >= 4 is 29.3 Å².